The van der Waals surface area contributed by atoms with Crippen LogP contribution in [0.5, 0.6) is 5.75 Å². The molecule has 0 saturated heterocycles. The third-order valence-corrected chi connectivity index (χ3v) is 4.73. The van der Waals surface area contributed by atoms with Gasteiger partial charge in [-0.15, -0.1) is 6.58 Å². The molecule has 2 aromatic rings. The minimum absolute atomic E-state index is 0.0116. The van der Waals surface area contributed by atoms with Crippen molar-refractivity contribution >= 4 is 11.9 Å². The second kappa shape index (κ2) is 13.2. The lowest BCUT2D eigenvalue weighted by Gasteiger charge is -2.13. The molecule has 0 aliphatic heterocycles. The van der Waals surface area contributed by atoms with Crippen molar-refractivity contribution in [1.29, 1.82) is 0 Å². The van der Waals surface area contributed by atoms with E-state index in [1.54, 1.807) is 12.1 Å². The van der Waals surface area contributed by atoms with E-state index in [4.69, 9.17) is 9.47 Å². The number of carbonyl (C=O) groups excluding carboxylic acids is 1. The van der Waals surface area contributed by atoms with Crippen LogP contribution in [0.25, 0.3) is 0 Å². The number of hydrogen-bond acceptors (Lipinski definition) is 4. The zero-order chi connectivity index (χ0) is 21.6. The standard InChI is InChI=1S/C25H30O5/c1-2-3-4-5-6-7-8-12-18-29-25(28)21-16-13-17-22(23(21)24(26)27)30-19-20-14-10-9-11-15-20/h2,9-11,13-17H,1,3-8,12,18-19H2,(H,26,27). The highest BCUT2D eigenvalue weighted by atomic mass is 16.5. The van der Waals surface area contributed by atoms with Crippen molar-refractivity contribution in [3.8, 4) is 5.75 Å². The molecule has 2 aromatic carbocycles. The summed E-state index contributed by atoms with van der Waals surface area (Å²) in [4.78, 5) is 24.2. The molecule has 0 bridgehead atoms. The smallest absolute Gasteiger partial charge is 0.340 e. The predicted octanol–water partition coefficient (Wildman–Crippen LogP) is 6.04. The number of carboxylic acid groups (broad SMARTS) is 1. The van der Waals surface area contributed by atoms with Crippen LogP contribution in [-0.2, 0) is 11.3 Å². The average Bonchev–Trinajstić information content (AvgIpc) is 2.76. The Kier molecular flexibility index (Phi) is 10.2. The number of benzene rings is 2. The monoisotopic (exact) mass is 410 g/mol. The van der Waals surface area contributed by atoms with Gasteiger partial charge in [-0.1, -0.05) is 68.2 Å². The van der Waals surface area contributed by atoms with E-state index in [-0.39, 0.29) is 30.1 Å². The Hall–Kier alpha value is -3.08. The summed E-state index contributed by atoms with van der Waals surface area (Å²) in [6.45, 7) is 4.21. The SMILES string of the molecule is C=CCCCCCCCCOC(=O)c1cccc(OCc2ccccc2)c1C(=O)O. The maximum absolute atomic E-state index is 12.5. The van der Waals surface area contributed by atoms with E-state index >= 15 is 0 Å². The first-order valence-corrected chi connectivity index (χ1v) is 10.4. The highest BCUT2D eigenvalue weighted by molar-refractivity contribution is 6.04. The van der Waals surface area contributed by atoms with E-state index < -0.39 is 11.9 Å². The van der Waals surface area contributed by atoms with Gasteiger partial charge in [-0.05, 0) is 37.0 Å². The van der Waals surface area contributed by atoms with Crippen LogP contribution < -0.4 is 4.74 Å². The molecule has 0 fully saturated rings. The number of allylic oxidation sites excluding steroid dienone is 1. The molecule has 0 aliphatic carbocycles. The number of rotatable bonds is 14. The van der Waals surface area contributed by atoms with Crippen molar-refractivity contribution in [3.05, 3.63) is 77.9 Å². The summed E-state index contributed by atoms with van der Waals surface area (Å²) in [7, 11) is 0. The summed E-state index contributed by atoms with van der Waals surface area (Å²) in [5.41, 5.74) is 0.754. The number of carbonyl (C=O) groups is 2. The number of carboxylic acids is 1. The first kappa shape index (κ1) is 23.2. The van der Waals surface area contributed by atoms with Crippen LogP contribution in [0.15, 0.2) is 61.2 Å². The average molecular weight is 411 g/mol. The fraction of sp³-hybridized carbons (Fsp3) is 0.360. The molecule has 0 aromatic heterocycles. The van der Waals surface area contributed by atoms with Gasteiger partial charge in [0.05, 0.1) is 12.2 Å². The summed E-state index contributed by atoms with van der Waals surface area (Å²) in [6.07, 6.45) is 9.34. The van der Waals surface area contributed by atoms with E-state index in [2.05, 4.69) is 6.58 Å². The molecule has 160 valence electrons. The van der Waals surface area contributed by atoms with Gasteiger partial charge in [0.2, 0.25) is 0 Å². The fourth-order valence-corrected chi connectivity index (χ4v) is 3.12. The second-order valence-electron chi connectivity index (χ2n) is 7.09. The van der Waals surface area contributed by atoms with Gasteiger partial charge in [0, 0.05) is 0 Å². The minimum Gasteiger partial charge on any atom is -0.488 e. The van der Waals surface area contributed by atoms with Gasteiger partial charge in [0.25, 0.3) is 0 Å². The zero-order valence-electron chi connectivity index (χ0n) is 17.3. The third-order valence-electron chi connectivity index (χ3n) is 4.73. The van der Waals surface area contributed by atoms with Crippen LogP contribution in [0, 0.1) is 0 Å². The molecule has 5 nitrogen and oxygen atoms in total. The van der Waals surface area contributed by atoms with Crippen molar-refractivity contribution in [3.63, 3.8) is 0 Å². The number of ether oxygens (including phenoxy) is 2. The van der Waals surface area contributed by atoms with Crippen molar-refractivity contribution in [2.75, 3.05) is 6.61 Å². The number of unbranched alkanes of at least 4 members (excludes halogenated alkanes) is 6. The summed E-state index contributed by atoms with van der Waals surface area (Å²) >= 11 is 0. The van der Waals surface area contributed by atoms with Gasteiger partial charge in [-0.25, -0.2) is 9.59 Å². The van der Waals surface area contributed by atoms with Gasteiger partial charge in [0.15, 0.2) is 0 Å². The zero-order valence-corrected chi connectivity index (χ0v) is 17.3. The van der Waals surface area contributed by atoms with E-state index in [1.807, 2.05) is 36.4 Å². The second-order valence-corrected chi connectivity index (χ2v) is 7.09. The molecule has 5 heteroatoms. The van der Waals surface area contributed by atoms with Crippen molar-refractivity contribution in [2.24, 2.45) is 0 Å². The molecule has 0 amide bonds. The maximum atomic E-state index is 12.5. The van der Waals surface area contributed by atoms with Crippen molar-refractivity contribution in [2.45, 2.75) is 51.6 Å². The van der Waals surface area contributed by atoms with Gasteiger partial charge in [-0.3, -0.25) is 0 Å². The first-order chi connectivity index (χ1) is 14.6. The van der Waals surface area contributed by atoms with E-state index in [1.165, 1.54) is 18.9 Å². The Labute approximate surface area is 178 Å². The molecule has 0 atom stereocenters. The highest BCUT2D eigenvalue weighted by Gasteiger charge is 2.22. The molecule has 1 N–H and O–H groups in total. The third kappa shape index (κ3) is 7.74. The van der Waals surface area contributed by atoms with Crippen LogP contribution in [0.4, 0.5) is 0 Å². The van der Waals surface area contributed by atoms with Crippen LogP contribution in [-0.4, -0.2) is 23.7 Å². The Bertz CT molecular complexity index is 814. The van der Waals surface area contributed by atoms with Crippen molar-refractivity contribution < 1.29 is 24.2 Å². The summed E-state index contributed by atoms with van der Waals surface area (Å²) in [6, 6.07) is 14.0. The van der Waals surface area contributed by atoms with Gasteiger partial charge in [0.1, 0.15) is 17.9 Å². The molecular weight excluding hydrogens is 380 g/mol. The predicted molar refractivity (Wildman–Crippen MR) is 117 cm³/mol. The Morgan fingerprint density at radius 3 is 2.30 bits per heavy atom. The molecule has 30 heavy (non-hydrogen) atoms. The fourth-order valence-electron chi connectivity index (χ4n) is 3.12. The van der Waals surface area contributed by atoms with E-state index in [9.17, 15) is 14.7 Å². The Morgan fingerprint density at radius 1 is 0.900 bits per heavy atom. The van der Waals surface area contributed by atoms with E-state index in [0.29, 0.717) is 0 Å². The largest absolute Gasteiger partial charge is 0.488 e. The summed E-state index contributed by atoms with van der Waals surface area (Å²) < 4.78 is 11.0. The normalized spacial score (nSPS) is 10.4. The lowest BCUT2D eigenvalue weighted by molar-refractivity contribution is 0.0486. The molecule has 0 radical (unpaired) electrons. The highest BCUT2D eigenvalue weighted by Crippen LogP contribution is 2.24. The van der Waals surface area contributed by atoms with Crippen LogP contribution in [0.1, 0.15) is 71.2 Å². The lowest BCUT2D eigenvalue weighted by atomic mass is 10.1. The lowest BCUT2D eigenvalue weighted by Crippen LogP contribution is -2.14. The number of hydrogen-bond donors (Lipinski definition) is 1. The molecular formula is C25H30O5. The molecule has 0 unspecified atom stereocenters. The molecule has 2 rings (SSSR count). The molecule has 0 spiro atoms. The molecule has 0 aliphatic rings. The van der Waals surface area contributed by atoms with Gasteiger partial charge < -0.3 is 14.6 Å². The minimum atomic E-state index is -1.22. The van der Waals surface area contributed by atoms with Crippen LogP contribution in [0.2, 0.25) is 0 Å². The number of esters is 1. The van der Waals surface area contributed by atoms with Gasteiger partial charge in [-0.2, -0.15) is 0 Å². The maximum Gasteiger partial charge on any atom is 0.340 e. The number of aromatic carboxylic acids is 1. The van der Waals surface area contributed by atoms with E-state index in [0.717, 1.165) is 37.7 Å². The first-order valence-electron chi connectivity index (χ1n) is 10.4. The molecule has 0 saturated carbocycles. The summed E-state index contributed by atoms with van der Waals surface area (Å²) in [5.74, 6) is -1.70. The van der Waals surface area contributed by atoms with Crippen LogP contribution >= 0.6 is 0 Å². The Morgan fingerprint density at radius 2 is 1.60 bits per heavy atom. The Balaban J connectivity index is 1.87. The van der Waals surface area contributed by atoms with Crippen LogP contribution in [0.3, 0.4) is 0 Å². The van der Waals surface area contributed by atoms with Crippen molar-refractivity contribution in [1.82, 2.24) is 0 Å². The molecule has 0 heterocycles. The topological polar surface area (TPSA) is 72.8 Å². The summed E-state index contributed by atoms with van der Waals surface area (Å²) in [5, 5.41) is 9.63. The quantitative estimate of drug-likeness (QED) is 0.234. The van der Waals surface area contributed by atoms with Gasteiger partial charge >= 0.3 is 11.9 Å².